The SMILES string of the molecule is C=O.C=O.CC[CH](C)[Na]. The van der Waals surface area contributed by atoms with Crippen molar-refractivity contribution >= 4 is 41.5 Å². The van der Waals surface area contributed by atoms with Crippen molar-refractivity contribution in [3.8, 4) is 0 Å². The summed E-state index contributed by atoms with van der Waals surface area (Å²) in [4.78, 5) is 16.0. The summed E-state index contributed by atoms with van der Waals surface area (Å²) in [6.07, 6.45) is 1.37. The average molecular weight is 140 g/mol. The Morgan fingerprint density at radius 3 is 1.44 bits per heavy atom. The van der Waals surface area contributed by atoms with Crippen LogP contribution in [0.2, 0.25) is 3.17 Å². The molecule has 0 fully saturated rings. The van der Waals surface area contributed by atoms with Crippen LogP contribution in [0.1, 0.15) is 20.3 Å². The first-order valence-corrected chi connectivity index (χ1v) is 4.00. The molecule has 0 aliphatic heterocycles. The molecule has 0 aromatic rings. The summed E-state index contributed by atoms with van der Waals surface area (Å²) >= 11 is 1.37. The fourth-order valence-electron chi connectivity index (χ4n) is 0. The number of carbonyl (C=O) groups is 2. The Morgan fingerprint density at radius 2 is 1.44 bits per heavy atom. The Labute approximate surface area is 74.4 Å². The van der Waals surface area contributed by atoms with E-state index in [0.29, 0.717) is 0 Å². The molecule has 0 saturated heterocycles. The molecule has 0 amide bonds. The zero-order valence-electron chi connectivity index (χ0n) is 6.52. The van der Waals surface area contributed by atoms with E-state index in [1.54, 1.807) is 0 Å². The van der Waals surface area contributed by atoms with Crippen LogP contribution in [0.15, 0.2) is 0 Å². The van der Waals surface area contributed by atoms with Crippen molar-refractivity contribution in [3.05, 3.63) is 0 Å². The van der Waals surface area contributed by atoms with Crippen LogP contribution in [0.5, 0.6) is 0 Å². The Hall–Kier alpha value is 0.340. The molecule has 0 aliphatic rings. The van der Waals surface area contributed by atoms with Crippen LogP contribution in [0.25, 0.3) is 0 Å². The van der Waals surface area contributed by atoms with E-state index in [2.05, 4.69) is 13.8 Å². The van der Waals surface area contributed by atoms with Gasteiger partial charge in [-0.05, 0) is 0 Å². The molecule has 3 heteroatoms. The molecule has 0 saturated carbocycles. The van der Waals surface area contributed by atoms with Gasteiger partial charge in [-0.1, -0.05) is 0 Å². The zero-order chi connectivity index (χ0) is 8.28. The molecule has 0 heterocycles. The van der Waals surface area contributed by atoms with Gasteiger partial charge in [0.05, 0.1) is 0 Å². The summed E-state index contributed by atoms with van der Waals surface area (Å²) in [6.45, 7) is 8.52. The molecule has 0 rings (SSSR count). The second-order valence-electron chi connectivity index (χ2n) is 1.80. The fourth-order valence-corrected chi connectivity index (χ4v) is 0. The Kier molecular flexibility index (Phi) is 42.8. The van der Waals surface area contributed by atoms with Crippen molar-refractivity contribution in [2.24, 2.45) is 0 Å². The van der Waals surface area contributed by atoms with Crippen LogP contribution in [-0.4, -0.2) is 41.5 Å². The Morgan fingerprint density at radius 1 is 1.33 bits per heavy atom. The van der Waals surface area contributed by atoms with Crippen molar-refractivity contribution in [2.45, 2.75) is 23.4 Å². The molecule has 1 unspecified atom stereocenters. The number of carbonyl (C=O) groups excluding carboxylic acids is 2. The molecule has 0 aromatic heterocycles. The van der Waals surface area contributed by atoms with Crippen LogP contribution in [0.3, 0.4) is 0 Å². The van der Waals surface area contributed by atoms with Crippen LogP contribution < -0.4 is 0 Å². The van der Waals surface area contributed by atoms with Gasteiger partial charge in [0.25, 0.3) is 0 Å². The molecule has 2 nitrogen and oxygen atoms in total. The molecule has 0 aliphatic carbocycles. The maximum atomic E-state index is 8.00. The predicted octanol–water partition coefficient (Wildman–Crippen LogP) is 1.00. The first kappa shape index (κ1) is 16.2. The van der Waals surface area contributed by atoms with Gasteiger partial charge in [0.15, 0.2) is 0 Å². The first-order valence-electron chi connectivity index (χ1n) is 2.85. The van der Waals surface area contributed by atoms with Gasteiger partial charge in [-0.3, -0.25) is 0 Å². The van der Waals surface area contributed by atoms with E-state index >= 15 is 0 Å². The second kappa shape index (κ2) is 23.9. The molecule has 0 radical (unpaired) electrons. The van der Waals surface area contributed by atoms with E-state index in [-0.39, 0.29) is 0 Å². The summed E-state index contributed by atoms with van der Waals surface area (Å²) < 4.78 is 1.02. The topological polar surface area (TPSA) is 34.1 Å². The minimum absolute atomic E-state index is 1.02. The number of hydrogen-bond donors (Lipinski definition) is 0. The second-order valence-corrected chi connectivity index (χ2v) is 3.77. The van der Waals surface area contributed by atoms with Crippen molar-refractivity contribution in [3.63, 3.8) is 0 Å². The maximum absolute atomic E-state index is 8.00. The standard InChI is InChI=1S/C4H9.2CH2O.Na/c1-3-4-2;2*1-2;/h3H,4H2,1-2H3;2*1H2;. The van der Waals surface area contributed by atoms with E-state index in [9.17, 15) is 0 Å². The monoisotopic (exact) mass is 140 g/mol. The fraction of sp³-hybridized carbons (Fsp3) is 0.667. The number of hydrogen-bond acceptors (Lipinski definition) is 2. The van der Waals surface area contributed by atoms with Gasteiger partial charge in [0.1, 0.15) is 13.6 Å². The molecular formula is C6H13NaO2. The van der Waals surface area contributed by atoms with Crippen LogP contribution in [0, 0.1) is 0 Å². The van der Waals surface area contributed by atoms with Gasteiger partial charge in [0.2, 0.25) is 0 Å². The normalized spacial score (nSPS) is 9.33. The molecule has 0 aromatic carbocycles. The van der Waals surface area contributed by atoms with Gasteiger partial charge in [-0.25, -0.2) is 0 Å². The third kappa shape index (κ3) is 61.2. The summed E-state index contributed by atoms with van der Waals surface area (Å²) in [6, 6.07) is 0. The molecule has 0 spiro atoms. The molecular weight excluding hydrogens is 127 g/mol. The van der Waals surface area contributed by atoms with E-state index in [0.717, 1.165) is 3.17 Å². The van der Waals surface area contributed by atoms with Crippen LogP contribution in [0.4, 0.5) is 0 Å². The predicted molar refractivity (Wildman–Crippen MR) is 39.7 cm³/mol. The molecule has 50 valence electrons. The van der Waals surface area contributed by atoms with Crippen molar-refractivity contribution < 1.29 is 9.59 Å². The van der Waals surface area contributed by atoms with E-state index in [1.807, 2.05) is 13.6 Å². The summed E-state index contributed by atoms with van der Waals surface area (Å²) in [5, 5.41) is 0. The minimum atomic E-state index is 1.02. The van der Waals surface area contributed by atoms with Gasteiger partial charge < -0.3 is 9.59 Å². The molecule has 0 bridgehead atoms. The van der Waals surface area contributed by atoms with Gasteiger partial charge in [0, 0.05) is 0 Å². The molecule has 0 N–H and O–H groups in total. The van der Waals surface area contributed by atoms with Crippen molar-refractivity contribution in [1.82, 2.24) is 0 Å². The van der Waals surface area contributed by atoms with Gasteiger partial charge in [-0.2, -0.15) is 0 Å². The van der Waals surface area contributed by atoms with Crippen LogP contribution >= 0.6 is 0 Å². The molecule has 1 atom stereocenters. The number of rotatable bonds is 1. The summed E-state index contributed by atoms with van der Waals surface area (Å²) in [7, 11) is 0. The molecule has 9 heavy (non-hydrogen) atoms. The van der Waals surface area contributed by atoms with Crippen LogP contribution in [-0.2, 0) is 9.59 Å². The third-order valence-electron chi connectivity index (χ3n) is 0.816. The Bertz CT molecular complexity index is 38.0. The van der Waals surface area contributed by atoms with Gasteiger partial charge in [-0.15, -0.1) is 0 Å². The average Bonchev–Trinajstić information content (AvgIpc) is 1.97. The van der Waals surface area contributed by atoms with Crippen molar-refractivity contribution in [2.75, 3.05) is 0 Å². The van der Waals surface area contributed by atoms with Crippen molar-refractivity contribution in [1.29, 1.82) is 0 Å². The van der Waals surface area contributed by atoms with E-state index in [1.165, 1.54) is 34.4 Å². The zero-order valence-corrected chi connectivity index (χ0v) is 8.52. The van der Waals surface area contributed by atoms with E-state index < -0.39 is 0 Å². The van der Waals surface area contributed by atoms with E-state index in [4.69, 9.17) is 9.59 Å². The first-order chi connectivity index (χ1) is 4.27. The van der Waals surface area contributed by atoms with Gasteiger partial charge >= 0.3 is 51.4 Å². The quantitative estimate of drug-likeness (QED) is 0.509. The Balaban J connectivity index is -0.0000000771. The summed E-state index contributed by atoms with van der Waals surface area (Å²) in [5.41, 5.74) is 0. The third-order valence-corrected chi connectivity index (χ3v) is 1.63. The summed E-state index contributed by atoms with van der Waals surface area (Å²) in [5.74, 6) is 0.